The minimum atomic E-state index is -1.10. The van der Waals surface area contributed by atoms with Gasteiger partial charge in [-0.3, -0.25) is 19.2 Å². The lowest BCUT2D eigenvalue weighted by molar-refractivity contribution is -0.246. The van der Waals surface area contributed by atoms with Crippen molar-refractivity contribution < 1.29 is 38.1 Å². The molecule has 1 aliphatic rings. The van der Waals surface area contributed by atoms with Gasteiger partial charge in [0, 0.05) is 32.1 Å². The van der Waals surface area contributed by atoms with Gasteiger partial charge >= 0.3 is 11.9 Å². The maximum Gasteiger partial charge on any atom is 0.303 e. The molecular weight excluding hydrogens is 456 g/mol. The molecule has 1 heterocycles. The zero-order chi connectivity index (χ0) is 25.4. The van der Waals surface area contributed by atoms with Crippen LogP contribution < -0.4 is 10.6 Å². The van der Waals surface area contributed by atoms with Crippen LogP contribution in [-0.4, -0.2) is 68.1 Å². The second-order valence-corrected chi connectivity index (χ2v) is 7.89. The monoisotopic (exact) mass is 484 g/mol. The molecule has 0 saturated carbocycles. The fourth-order valence-corrected chi connectivity index (χ4v) is 3.79. The number of methoxy groups -OCH3 is 1. The van der Waals surface area contributed by atoms with Crippen molar-refractivity contribution >= 4 is 23.8 Å². The molecule has 0 aromatic heterocycles. The molecule has 5 atom stereocenters. The van der Waals surface area contributed by atoms with Gasteiger partial charge in [-0.05, 0) is 24.3 Å². The first kappa shape index (κ1) is 25.9. The summed E-state index contributed by atoms with van der Waals surface area (Å²) in [4.78, 5) is 49.5. The van der Waals surface area contributed by atoms with Crippen LogP contribution in [0.25, 0.3) is 0 Å². The number of carbonyl (C=O) groups excluding carboxylic acids is 4. The molecule has 0 spiro atoms. The van der Waals surface area contributed by atoms with E-state index in [4.69, 9.17) is 18.9 Å². The van der Waals surface area contributed by atoms with Gasteiger partial charge in [0.1, 0.15) is 18.8 Å². The van der Waals surface area contributed by atoms with Crippen LogP contribution in [0.4, 0.5) is 0 Å². The molecule has 1 fully saturated rings. The number of amides is 2. The van der Waals surface area contributed by atoms with Crippen LogP contribution in [-0.2, 0) is 28.5 Å². The minimum absolute atomic E-state index is 0.260. The van der Waals surface area contributed by atoms with Crippen molar-refractivity contribution in [3.63, 3.8) is 0 Å². The topological polar surface area (TPSA) is 129 Å². The summed E-state index contributed by atoms with van der Waals surface area (Å²) in [6.45, 7) is 2.18. The minimum Gasteiger partial charge on any atom is -0.463 e. The summed E-state index contributed by atoms with van der Waals surface area (Å²) >= 11 is 0. The van der Waals surface area contributed by atoms with E-state index in [1.165, 1.54) is 21.0 Å². The number of carbonyl (C=O) groups is 4. The van der Waals surface area contributed by atoms with Gasteiger partial charge in [0.05, 0.1) is 6.04 Å². The smallest absolute Gasteiger partial charge is 0.303 e. The van der Waals surface area contributed by atoms with E-state index in [-0.39, 0.29) is 6.61 Å². The van der Waals surface area contributed by atoms with Gasteiger partial charge in [-0.1, -0.05) is 36.4 Å². The molecule has 35 heavy (non-hydrogen) atoms. The fourth-order valence-electron chi connectivity index (χ4n) is 3.79. The third kappa shape index (κ3) is 6.87. The average molecular weight is 485 g/mol. The summed E-state index contributed by atoms with van der Waals surface area (Å²) in [5.74, 6) is -2.11. The van der Waals surface area contributed by atoms with Crippen molar-refractivity contribution in [1.82, 2.24) is 10.6 Å². The summed E-state index contributed by atoms with van der Waals surface area (Å²) in [6, 6.07) is 14.9. The Bertz CT molecular complexity index is 1030. The Balaban J connectivity index is 1.97. The molecular formula is C25H28N2O8. The van der Waals surface area contributed by atoms with Crippen LogP contribution in [0, 0.1) is 0 Å². The molecule has 0 radical (unpaired) electrons. The standard InChI is InChI=1S/C25H28N2O8/c1-15(28)33-14-19-22(34-16(2)29)20(26-23(30)17-10-6-4-7-11-17)21(25(32-3)35-19)27-24(31)18-12-8-5-9-13-18/h4-13,19-22,25H,14H2,1-3H3,(H,26,30)(H,27,31)/t19-,20+,21+,22+,25+/m1/s1. The van der Waals surface area contributed by atoms with E-state index in [1.54, 1.807) is 60.7 Å². The average Bonchev–Trinajstić information content (AvgIpc) is 2.85. The summed E-state index contributed by atoms with van der Waals surface area (Å²) in [7, 11) is 1.37. The predicted molar refractivity (Wildman–Crippen MR) is 123 cm³/mol. The highest BCUT2D eigenvalue weighted by Gasteiger charge is 2.50. The van der Waals surface area contributed by atoms with Crippen molar-refractivity contribution in [2.45, 2.75) is 44.4 Å². The first-order chi connectivity index (χ1) is 16.8. The number of hydrogen-bond donors (Lipinski definition) is 2. The molecule has 0 aliphatic carbocycles. The molecule has 0 unspecified atom stereocenters. The molecule has 10 nitrogen and oxygen atoms in total. The van der Waals surface area contributed by atoms with Crippen LogP contribution >= 0.6 is 0 Å². The predicted octanol–water partition coefficient (Wildman–Crippen LogP) is 1.45. The van der Waals surface area contributed by atoms with Crippen LogP contribution in [0.15, 0.2) is 60.7 Å². The summed E-state index contributed by atoms with van der Waals surface area (Å²) in [5.41, 5.74) is 0.737. The van der Waals surface area contributed by atoms with E-state index >= 15 is 0 Å². The molecule has 2 N–H and O–H groups in total. The highest BCUT2D eigenvalue weighted by Crippen LogP contribution is 2.26. The SMILES string of the molecule is CO[C@H]1O[C@H](COC(C)=O)[C@H](OC(C)=O)[C@@H](NC(=O)c2ccccc2)[C@@H]1NC(=O)c1ccccc1. The van der Waals surface area contributed by atoms with Crippen LogP contribution in [0.1, 0.15) is 34.6 Å². The van der Waals surface area contributed by atoms with Gasteiger partial charge in [-0.15, -0.1) is 0 Å². The zero-order valence-electron chi connectivity index (χ0n) is 19.6. The van der Waals surface area contributed by atoms with Gasteiger partial charge in [-0.25, -0.2) is 0 Å². The van der Waals surface area contributed by atoms with Gasteiger partial charge in [0.25, 0.3) is 11.8 Å². The maximum absolute atomic E-state index is 13.1. The number of hydrogen-bond acceptors (Lipinski definition) is 8. The molecule has 10 heteroatoms. The van der Waals surface area contributed by atoms with Gasteiger partial charge in [-0.2, -0.15) is 0 Å². The first-order valence-electron chi connectivity index (χ1n) is 11.0. The quantitative estimate of drug-likeness (QED) is 0.539. The first-order valence-corrected chi connectivity index (χ1v) is 11.0. The van der Waals surface area contributed by atoms with Crippen LogP contribution in [0.2, 0.25) is 0 Å². The van der Waals surface area contributed by atoms with Gasteiger partial charge in [0.2, 0.25) is 0 Å². The molecule has 2 amide bonds. The Hall–Kier alpha value is -3.76. The van der Waals surface area contributed by atoms with Crippen LogP contribution in [0.5, 0.6) is 0 Å². The molecule has 186 valence electrons. The third-order valence-corrected chi connectivity index (χ3v) is 5.36. The summed E-state index contributed by atoms with van der Waals surface area (Å²) < 4.78 is 22.0. The van der Waals surface area contributed by atoms with Gasteiger partial charge in [0.15, 0.2) is 12.4 Å². The Morgan fingerprint density at radius 2 is 1.31 bits per heavy atom. The molecule has 2 aromatic carbocycles. The summed E-state index contributed by atoms with van der Waals surface area (Å²) in [6.07, 6.45) is -3.14. The molecule has 0 bridgehead atoms. The lowest BCUT2D eigenvalue weighted by Gasteiger charge is -2.45. The van der Waals surface area contributed by atoms with Crippen molar-refractivity contribution in [1.29, 1.82) is 0 Å². The Morgan fingerprint density at radius 3 is 1.77 bits per heavy atom. The van der Waals surface area contributed by atoms with Crippen molar-refractivity contribution in [2.24, 2.45) is 0 Å². The zero-order valence-corrected chi connectivity index (χ0v) is 19.6. The number of esters is 2. The highest BCUT2D eigenvalue weighted by molar-refractivity contribution is 5.95. The third-order valence-electron chi connectivity index (χ3n) is 5.36. The Morgan fingerprint density at radius 1 is 0.800 bits per heavy atom. The van der Waals surface area contributed by atoms with Gasteiger partial charge < -0.3 is 29.6 Å². The summed E-state index contributed by atoms with van der Waals surface area (Å²) in [5, 5.41) is 5.68. The van der Waals surface area contributed by atoms with Crippen LogP contribution in [0.3, 0.4) is 0 Å². The molecule has 1 saturated heterocycles. The molecule has 3 rings (SSSR count). The van der Waals surface area contributed by atoms with E-state index in [2.05, 4.69) is 10.6 Å². The van der Waals surface area contributed by atoms with E-state index < -0.39 is 54.3 Å². The molecule has 1 aliphatic heterocycles. The number of nitrogens with one attached hydrogen (secondary N) is 2. The lowest BCUT2D eigenvalue weighted by Crippen LogP contribution is -2.70. The normalized spacial score (nSPS) is 23.6. The lowest BCUT2D eigenvalue weighted by atomic mass is 9.92. The number of ether oxygens (including phenoxy) is 4. The van der Waals surface area contributed by atoms with E-state index in [1.807, 2.05) is 0 Å². The Kier molecular flexibility index (Phi) is 8.93. The van der Waals surface area contributed by atoms with E-state index in [9.17, 15) is 19.2 Å². The maximum atomic E-state index is 13.1. The van der Waals surface area contributed by atoms with E-state index in [0.717, 1.165) is 0 Å². The molecule has 2 aromatic rings. The fraction of sp³-hybridized carbons (Fsp3) is 0.360. The second kappa shape index (κ2) is 12.1. The van der Waals surface area contributed by atoms with Crippen molar-refractivity contribution in [3.05, 3.63) is 71.8 Å². The number of benzene rings is 2. The Labute approximate surface area is 202 Å². The highest BCUT2D eigenvalue weighted by atomic mass is 16.7. The van der Waals surface area contributed by atoms with Crippen molar-refractivity contribution in [2.75, 3.05) is 13.7 Å². The van der Waals surface area contributed by atoms with Crippen molar-refractivity contribution in [3.8, 4) is 0 Å². The number of rotatable bonds is 8. The second-order valence-electron chi connectivity index (χ2n) is 7.89. The largest absolute Gasteiger partial charge is 0.463 e. The van der Waals surface area contributed by atoms with E-state index in [0.29, 0.717) is 11.1 Å².